The normalized spacial score (nSPS) is 15.5. The number of alkyl halides is 6. The maximum Gasteiger partial charge on any atom is 0.416 e. The van der Waals surface area contributed by atoms with Gasteiger partial charge in [0.05, 0.1) is 17.7 Å². The Balaban J connectivity index is 1.98. The summed E-state index contributed by atoms with van der Waals surface area (Å²) in [6.45, 7) is 0.638. The molecule has 0 spiro atoms. The molecule has 0 fully saturated rings. The topological polar surface area (TPSA) is 51.0 Å². The van der Waals surface area contributed by atoms with Crippen LogP contribution in [0.3, 0.4) is 0 Å². The van der Waals surface area contributed by atoms with Crippen molar-refractivity contribution in [3.63, 3.8) is 0 Å². The molecule has 1 aliphatic heterocycles. The average molecular weight is 378 g/mol. The molecular weight excluding hydrogens is 366 g/mol. The molecule has 1 aliphatic rings. The molecule has 0 saturated heterocycles. The van der Waals surface area contributed by atoms with Gasteiger partial charge in [0.25, 0.3) is 5.91 Å². The molecule has 26 heavy (non-hydrogen) atoms. The third-order valence-electron chi connectivity index (χ3n) is 3.98. The number of halogens is 6. The maximum absolute atomic E-state index is 12.9. The van der Waals surface area contributed by atoms with Crippen molar-refractivity contribution in [2.75, 3.05) is 6.54 Å². The lowest BCUT2D eigenvalue weighted by Crippen LogP contribution is -2.31. The predicted molar refractivity (Wildman–Crippen MR) is 75.8 cm³/mol. The summed E-state index contributed by atoms with van der Waals surface area (Å²) >= 11 is 0. The van der Waals surface area contributed by atoms with Gasteiger partial charge in [0.15, 0.2) is 5.82 Å². The minimum Gasteiger partial charge on any atom is -0.331 e. The van der Waals surface area contributed by atoms with E-state index in [9.17, 15) is 31.1 Å². The lowest BCUT2D eigenvalue weighted by atomic mass is 10.0. The van der Waals surface area contributed by atoms with Gasteiger partial charge in [-0.05, 0) is 24.6 Å². The molecule has 0 unspecified atom stereocenters. The zero-order valence-corrected chi connectivity index (χ0v) is 13.1. The summed E-state index contributed by atoms with van der Waals surface area (Å²) < 4.78 is 79.4. The molecule has 0 atom stereocenters. The first-order valence-corrected chi connectivity index (χ1v) is 7.51. The van der Waals surface area contributed by atoms with Crippen molar-refractivity contribution >= 4 is 5.91 Å². The third-order valence-corrected chi connectivity index (χ3v) is 3.98. The van der Waals surface area contributed by atoms with Gasteiger partial charge in [-0.2, -0.15) is 26.3 Å². The number of aryl methyl sites for hydroxylation is 1. The number of hydrogen-bond donors (Lipinski definition) is 0. The molecule has 140 valence electrons. The molecule has 0 saturated carbocycles. The number of hydrogen-bond acceptors (Lipinski definition) is 3. The van der Waals surface area contributed by atoms with Gasteiger partial charge in [-0.3, -0.25) is 4.79 Å². The van der Waals surface area contributed by atoms with E-state index in [1.165, 1.54) is 11.2 Å². The van der Waals surface area contributed by atoms with Crippen molar-refractivity contribution < 1.29 is 31.1 Å². The first-order chi connectivity index (χ1) is 12.1. The SMILES string of the molecule is O=C(c1cc(C(F)(F)F)cc(C(F)(F)F)c1)N1CCCn2cnnc2C1. The Labute approximate surface area is 143 Å². The number of carbonyl (C=O) groups is 1. The smallest absolute Gasteiger partial charge is 0.331 e. The number of nitrogens with zero attached hydrogens (tertiary/aromatic N) is 4. The predicted octanol–water partition coefficient (Wildman–Crippen LogP) is 3.36. The zero-order chi connectivity index (χ0) is 19.1. The second-order valence-corrected chi connectivity index (χ2v) is 5.82. The molecule has 11 heteroatoms. The molecule has 2 aromatic rings. The molecule has 5 nitrogen and oxygen atoms in total. The van der Waals surface area contributed by atoms with Crippen LogP contribution in [0.1, 0.15) is 33.7 Å². The maximum atomic E-state index is 12.9. The molecule has 1 aromatic heterocycles. The number of fused-ring (bicyclic) bond motifs is 1. The third kappa shape index (κ3) is 3.65. The fraction of sp³-hybridized carbons (Fsp3) is 0.400. The standard InChI is InChI=1S/C15H12F6N4O/c16-14(17,18)10-4-9(5-11(6-10)15(19,20)21)13(26)24-2-1-3-25-8-22-23-12(25)7-24/h4-6,8H,1-3,7H2. The molecule has 0 radical (unpaired) electrons. The van der Waals surface area contributed by atoms with E-state index < -0.39 is 35.0 Å². The van der Waals surface area contributed by atoms with Crippen molar-refractivity contribution in [3.8, 4) is 0 Å². The zero-order valence-electron chi connectivity index (χ0n) is 13.1. The van der Waals surface area contributed by atoms with Gasteiger partial charge in [0, 0.05) is 18.7 Å². The highest BCUT2D eigenvalue weighted by Crippen LogP contribution is 2.36. The van der Waals surface area contributed by atoms with Crippen LogP contribution in [0.4, 0.5) is 26.3 Å². The summed E-state index contributed by atoms with van der Waals surface area (Å²) in [4.78, 5) is 13.7. The van der Waals surface area contributed by atoms with Crippen molar-refractivity contribution in [2.24, 2.45) is 0 Å². The van der Waals surface area contributed by atoms with Crippen molar-refractivity contribution in [3.05, 3.63) is 47.0 Å². The molecule has 1 aromatic carbocycles. The van der Waals surface area contributed by atoms with Gasteiger partial charge in [-0.15, -0.1) is 10.2 Å². The van der Waals surface area contributed by atoms with E-state index in [4.69, 9.17) is 0 Å². The van der Waals surface area contributed by atoms with E-state index in [0.717, 1.165) is 0 Å². The van der Waals surface area contributed by atoms with Gasteiger partial charge < -0.3 is 9.47 Å². The molecule has 0 N–H and O–H groups in total. The minimum absolute atomic E-state index is 0.00413. The second kappa shape index (κ2) is 6.29. The molecule has 3 rings (SSSR count). The van der Waals surface area contributed by atoms with Crippen LogP contribution >= 0.6 is 0 Å². The molecule has 0 bridgehead atoms. The van der Waals surface area contributed by atoms with Gasteiger partial charge in [-0.25, -0.2) is 0 Å². The lowest BCUT2D eigenvalue weighted by Gasteiger charge is -2.21. The van der Waals surface area contributed by atoms with E-state index in [0.29, 0.717) is 30.9 Å². The molecule has 1 amide bonds. The Morgan fingerprint density at radius 1 is 0.962 bits per heavy atom. The second-order valence-electron chi connectivity index (χ2n) is 5.82. The van der Waals surface area contributed by atoms with Gasteiger partial charge in [0.1, 0.15) is 6.33 Å². The van der Waals surface area contributed by atoms with Crippen LogP contribution in [0.15, 0.2) is 24.5 Å². The number of amides is 1. The Kier molecular flexibility index (Phi) is 4.41. The van der Waals surface area contributed by atoms with E-state index in [2.05, 4.69) is 10.2 Å². The van der Waals surface area contributed by atoms with Crippen molar-refractivity contribution in [1.82, 2.24) is 19.7 Å². The van der Waals surface area contributed by atoms with Crippen LogP contribution in [0, 0.1) is 0 Å². The van der Waals surface area contributed by atoms with E-state index >= 15 is 0 Å². The highest BCUT2D eigenvalue weighted by molar-refractivity contribution is 5.94. The van der Waals surface area contributed by atoms with Crippen LogP contribution in [0.2, 0.25) is 0 Å². The number of benzene rings is 1. The Bertz CT molecular complexity index is 794. The lowest BCUT2D eigenvalue weighted by molar-refractivity contribution is -0.143. The van der Waals surface area contributed by atoms with Crippen LogP contribution < -0.4 is 0 Å². The number of aromatic nitrogens is 3. The fourth-order valence-corrected chi connectivity index (χ4v) is 2.70. The molecule has 0 aliphatic carbocycles. The molecule has 2 heterocycles. The van der Waals surface area contributed by atoms with Crippen LogP contribution in [0.25, 0.3) is 0 Å². The van der Waals surface area contributed by atoms with E-state index in [1.54, 1.807) is 4.57 Å². The van der Waals surface area contributed by atoms with Gasteiger partial charge in [0.2, 0.25) is 0 Å². The van der Waals surface area contributed by atoms with E-state index in [-0.39, 0.29) is 19.2 Å². The molecular formula is C15H12F6N4O. The van der Waals surface area contributed by atoms with Crippen molar-refractivity contribution in [2.45, 2.75) is 31.9 Å². The van der Waals surface area contributed by atoms with Crippen LogP contribution in [-0.4, -0.2) is 32.1 Å². The van der Waals surface area contributed by atoms with Gasteiger partial charge in [-0.1, -0.05) is 0 Å². The average Bonchev–Trinajstić information content (AvgIpc) is 2.89. The fourth-order valence-electron chi connectivity index (χ4n) is 2.70. The summed E-state index contributed by atoms with van der Waals surface area (Å²) in [5.41, 5.74) is -3.71. The summed E-state index contributed by atoms with van der Waals surface area (Å²) in [5, 5.41) is 7.50. The van der Waals surface area contributed by atoms with Gasteiger partial charge >= 0.3 is 12.4 Å². The van der Waals surface area contributed by atoms with Crippen LogP contribution in [-0.2, 0) is 25.4 Å². The van der Waals surface area contributed by atoms with Crippen molar-refractivity contribution in [1.29, 1.82) is 0 Å². The number of carbonyl (C=O) groups excluding carboxylic acids is 1. The Morgan fingerprint density at radius 2 is 1.58 bits per heavy atom. The highest BCUT2D eigenvalue weighted by atomic mass is 19.4. The summed E-state index contributed by atoms with van der Waals surface area (Å²) in [6, 6.07) is 0.871. The Hall–Kier alpha value is -2.59. The Morgan fingerprint density at radius 3 is 2.15 bits per heavy atom. The number of rotatable bonds is 1. The monoisotopic (exact) mass is 378 g/mol. The summed E-state index contributed by atoms with van der Waals surface area (Å²) in [5.74, 6) is -0.503. The quantitative estimate of drug-likeness (QED) is 0.715. The summed E-state index contributed by atoms with van der Waals surface area (Å²) in [7, 11) is 0. The van der Waals surface area contributed by atoms with E-state index in [1.807, 2.05) is 0 Å². The highest BCUT2D eigenvalue weighted by Gasteiger charge is 2.38. The first kappa shape index (κ1) is 18.2. The minimum atomic E-state index is -5.00. The first-order valence-electron chi connectivity index (χ1n) is 7.51. The summed E-state index contributed by atoms with van der Waals surface area (Å²) in [6.07, 6.45) is -8.08. The van der Waals surface area contributed by atoms with Crippen LogP contribution in [0.5, 0.6) is 0 Å². The largest absolute Gasteiger partial charge is 0.416 e.